The Morgan fingerprint density at radius 1 is 1.33 bits per heavy atom. The van der Waals surface area contributed by atoms with E-state index in [9.17, 15) is 0 Å². The molecule has 0 amide bonds. The zero-order chi connectivity index (χ0) is 10.8. The van der Waals surface area contributed by atoms with Crippen molar-refractivity contribution in [1.29, 1.82) is 0 Å². The Labute approximate surface area is 87.5 Å². The number of anilines is 1. The molecule has 1 heterocycles. The van der Waals surface area contributed by atoms with Gasteiger partial charge in [0.05, 0.1) is 7.11 Å². The number of rotatable bonds is 2. The number of hydrogen-bond acceptors (Lipinski definition) is 4. The maximum absolute atomic E-state index is 5.84. The second-order valence-corrected chi connectivity index (χ2v) is 3.14. The van der Waals surface area contributed by atoms with Gasteiger partial charge in [0.1, 0.15) is 17.1 Å². The van der Waals surface area contributed by atoms with Crippen molar-refractivity contribution in [3.63, 3.8) is 0 Å². The molecule has 78 valence electrons. The van der Waals surface area contributed by atoms with E-state index in [-0.39, 0.29) is 0 Å². The third-order valence-corrected chi connectivity index (χ3v) is 2.20. The van der Waals surface area contributed by atoms with Crippen LogP contribution >= 0.6 is 0 Å². The summed E-state index contributed by atoms with van der Waals surface area (Å²) in [6.07, 6.45) is 0. The van der Waals surface area contributed by atoms with Crippen LogP contribution in [0.4, 0.5) is 5.82 Å². The monoisotopic (exact) mass is 204 g/mol. The molecule has 0 spiro atoms. The van der Waals surface area contributed by atoms with Crippen molar-refractivity contribution in [2.45, 2.75) is 6.92 Å². The Hall–Kier alpha value is -2.04. The van der Waals surface area contributed by atoms with Crippen LogP contribution in [0, 0.1) is 6.92 Å². The van der Waals surface area contributed by atoms with Crippen molar-refractivity contribution in [3.05, 3.63) is 30.0 Å². The van der Waals surface area contributed by atoms with E-state index in [0.717, 1.165) is 5.69 Å². The van der Waals surface area contributed by atoms with Crippen molar-refractivity contribution in [2.75, 3.05) is 12.8 Å². The summed E-state index contributed by atoms with van der Waals surface area (Å²) in [6, 6.07) is 7.52. The van der Waals surface area contributed by atoms with Crippen LogP contribution in [0.15, 0.2) is 24.3 Å². The first-order valence-electron chi connectivity index (χ1n) is 4.55. The number of aromatic nitrogens is 3. The SMILES string of the molecule is COc1ccccc1-n1nnc(C)c1N. The summed E-state index contributed by atoms with van der Waals surface area (Å²) in [5.74, 6) is 1.24. The van der Waals surface area contributed by atoms with E-state index in [0.29, 0.717) is 17.3 Å². The minimum absolute atomic E-state index is 0.527. The fourth-order valence-electron chi connectivity index (χ4n) is 1.35. The van der Waals surface area contributed by atoms with Gasteiger partial charge in [0.2, 0.25) is 0 Å². The Balaban J connectivity index is 2.58. The molecule has 1 aromatic carbocycles. The van der Waals surface area contributed by atoms with Gasteiger partial charge in [-0.3, -0.25) is 0 Å². The molecule has 0 fully saturated rings. The van der Waals surface area contributed by atoms with Gasteiger partial charge in [0.25, 0.3) is 0 Å². The molecule has 2 N–H and O–H groups in total. The number of nitrogens with zero attached hydrogens (tertiary/aromatic N) is 3. The maximum atomic E-state index is 5.84. The van der Waals surface area contributed by atoms with Crippen molar-refractivity contribution in [2.24, 2.45) is 0 Å². The van der Waals surface area contributed by atoms with Crippen LogP contribution in [-0.2, 0) is 0 Å². The number of ether oxygens (including phenoxy) is 1. The highest BCUT2D eigenvalue weighted by molar-refractivity contribution is 5.51. The van der Waals surface area contributed by atoms with Crippen molar-refractivity contribution >= 4 is 5.82 Å². The minimum atomic E-state index is 0.527. The molecule has 5 heteroatoms. The highest BCUT2D eigenvalue weighted by atomic mass is 16.5. The molecule has 0 saturated heterocycles. The highest BCUT2D eigenvalue weighted by Gasteiger charge is 2.10. The lowest BCUT2D eigenvalue weighted by atomic mass is 10.3. The lowest BCUT2D eigenvalue weighted by Crippen LogP contribution is -2.04. The normalized spacial score (nSPS) is 10.3. The van der Waals surface area contributed by atoms with Crippen LogP contribution in [0.5, 0.6) is 5.75 Å². The minimum Gasteiger partial charge on any atom is -0.494 e. The molecule has 5 nitrogen and oxygen atoms in total. The van der Waals surface area contributed by atoms with Gasteiger partial charge in [-0.15, -0.1) is 5.10 Å². The highest BCUT2D eigenvalue weighted by Crippen LogP contribution is 2.23. The van der Waals surface area contributed by atoms with Gasteiger partial charge >= 0.3 is 0 Å². The zero-order valence-corrected chi connectivity index (χ0v) is 8.64. The third kappa shape index (κ3) is 1.52. The molecule has 15 heavy (non-hydrogen) atoms. The quantitative estimate of drug-likeness (QED) is 0.797. The van der Waals surface area contributed by atoms with Crippen molar-refractivity contribution < 1.29 is 4.74 Å². The van der Waals surface area contributed by atoms with Crippen LogP contribution in [0.25, 0.3) is 5.69 Å². The summed E-state index contributed by atoms with van der Waals surface area (Å²) in [5.41, 5.74) is 7.34. The topological polar surface area (TPSA) is 66.0 Å². The fourth-order valence-corrected chi connectivity index (χ4v) is 1.35. The molecule has 2 rings (SSSR count). The molecule has 0 aliphatic heterocycles. The first-order valence-corrected chi connectivity index (χ1v) is 4.55. The number of nitrogens with two attached hydrogens (primary N) is 1. The molecule has 1 aromatic heterocycles. The Kier molecular flexibility index (Phi) is 2.29. The van der Waals surface area contributed by atoms with Gasteiger partial charge < -0.3 is 10.5 Å². The molecule has 0 saturated carbocycles. The smallest absolute Gasteiger partial charge is 0.150 e. The van der Waals surface area contributed by atoms with Gasteiger partial charge in [-0.2, -0.15) is 4.68 Å². The molecule has 0 atom stereocenters. The second kappa shape index (κ2) is 3.61. The predicted octanol–water partition coefficient (Wildman–Crippen LogP) is 1.17. The molecule has 0 radical (unpaired) electrons. The van der Waals surface area contributed by atoms with Crippen molar-refractivity contribution in [3.8, 4) is 11.4 Å². The Morgan fingerprint density at radius 2 is 2.07 bits per heavy atom. The van der Waals surface area contributed by atoms with Gasteiger partial charge in [-0.25, -0.2) is 0 Å². The van der Waals surface area contributed by atoms with Gasteiger partial charge in [0.15, 0.2) is 5.82 Å². The third-order valence-electron chi connectivity index (χ3n) is 2.20. The number of methoxy groups -OCH3 is 1. The van der Waals surface area contributed by atoms with E-state index in [4.69, 9.17) is 10.5 Å². The molecule has 0 bridgehead atoms. The second-order valence-electron chi connectivity index (χ2n) is 3.14. The molecular weight excluding hydrogens is 192 g/mol. The average molecular weight is 204 g/mol. The van der Waals surface area contributed by atoms with Crippen LogP contribution in [-0.4, -0.2) is 22.1 Å². The molecule has 0 aliphatic rings. The average Bonchev–Trinajstić information content (AvgIpc) is 2.60. The zero-order valence-electron chi connectivity index (χ0n) is 8.64. The summed E-state index contributed by atoms with van der Waals surface area (Å²) in [7, 11) is 1.61. The van der Waals surface area contributed by atoms with E-state index in [1.807, 2.05) is 31.2 Å². The van der Waals surface area contributed by atoms with Crippen LogP contribution in [0.1, 0.15) is 5.69 Å². The Bertz CT molecular complexity index is 478. The number of hydrogen-bond donors (Lipinski definition) is 1. The van der Waals surface area contributed by atoms with Crippen LogP contribution < -0.4 is 10.5 Å². The molecule has 0 unspecified atom stereocenters. The van der Waals surface area contributed by atoms with Gasteiger partial charge in [-0.1, -0.05) is 17.3 Å². The summed E-state index contributed by atoms with van der Waals surface area (Å²) < 4.78 is 6.78. The van der Waals surface area contributed by atoms with Gasteiger partial charge in [0, 0.05) is 0 Å². The van der Waals surface area contributed by atoms with E-state index in [2.05, 4.69) is 10.3 Å². The summed E-state index contributed by atoms with van der Waals surface area (Å²) in [5, 5.41) is 7.86. The summed E-state index contributed by atoms with van der Waals surface area (Å²) >= 11 is 0. The number of aryl methyl sites for hydroxylation is 1. The van der Waals surface area contributed by atoms with Crippen LogP contribution in [0.2, 0.25) is 0 Å². The first kappa shape index (κ1) is 9.51. The number of nitrogen functional groups attached to an aromatic ring is 1. The Morgan fingerprint density at radius 3 is 2.67 bits per heavy atom. The predicted molar refractivity (Wildman–Crippen MR) is 57.1 cm³/mol. The fraction of sp³-hybridized carbons (Fsp3) is 0.200. The van der Waals surface area contributed by atoms with Crippen molar-refractivity contribution in [1.82, 2.24) is 15.0 Å². The lowest BCUT2D eigenvalue weighted by Gasteiger charge is -2.08. The van der Waals surface area contributed by atoms with E-state index >= 15 is 0 Å². The largest absolute Gasteiger partial charge is 0.494 e. The van der Waals surface area contributed by atoms with E-state index in [1.54, 1.807) is 11.8 Å². The lowest BCUT2D eigenvalue weighted by molar-refractivity contribution is 0.411. The number of benzene rings is 1. The van der Waals surface area contributed by atoms with E-state index < -0.39 is 0 Å². The molecule has 0 aliphatic carbocycles. The van der Waals surface area contributed by atoms with Gasteiger partial charge in [-0.05, 0) is 19.1 Å². The van der Waals surface area contributed by atoms with Crippen LogP contribution in [0.3, 0.4) is 0 Å². The molecular formula is C10H12N4O. The first-order chi connectivity index (χ1) is 7.24. The maximum Gasteiger partial charge on any atom is 0.150 e. The standard InChI is InChI=1S/C10H12N4O/c1-7-10(11)14(13-12-7)8-5-3-4-6-9(8)15-2/h3-6H,11H2,1-2H3. The molecule has 2 aromatic rings. The summed E-state index contributed by atoms with van der Waals surface area (Å²) in [4.78, 5) is 0. The van der Waals surface area contributed by atoms with E-state index in [1.165, 1.54) is 0 Å². The summed E-state index contributed by atoms with van der Waals surface area (Å²) in [6.45, 7) is 1.81. The number of para-hydroxylation sites is 2.